The van der Waals surface area contributed by atoms with Crippen LogP contribution in [0.25, 0.3) is 5.57 Å². The Kier molecular flexibility index (Phi) is 5.07. The van der Waals surface area contributed by atoms with E-state index in [1.165, 1.54) is 11.1 Å². The van der Waals surface area contributed by atoms with Gasteiger partial charge in [0.2, 0.25) is 0 Å². The lowest BCUT2D eigenvalue weighted by atomic mass is 9.54. The molecule has 0 amide bonds. The molecule has 1 aliphatic carbocycles. The molecule has 0 atom stereocenters. The second kappa shape index (κ2) is 5.94. The maximum atomic E-state index is 6.63. The zero-order valence-electron chi connectivity index (χ0n) is 13.2. The van der Waals surface area contributed by atoms with E-state index >= 15 is 0 Å². The molecule has 1 aromatic rings. The van der Waals surface area contributed by atoms with Crippen molar-refractivity contribution in [2.45, 2.75) is 60.0 Å². The highest BCUT2D eigenvalue weighted by Gasteiger charge is 2.54. The largest absolute Gasteiger partial charge is 0.312 e. The van der Waals surface area contributed by atoms with Crippen LogP contribution >= 0.6 is 0 Å². The Bertz CT molecular complexity index is 494. The van der Waals surface area contributed by atoms with Crippen molar-refractivity contribution in [3.05, 3.63) is 42.0 Å². The maximum absolute atomic E-state index is 6.63. The van der Waals surface area contributed by atoms with Crippen molar-refractivity contribution in [1.82, 2.24) is 0 Å². The van der Waals surface area contributed by atoms with E-state index in [1.807, 2.05) is 0 Å². The van der Waals surface area contributed by atoms with Gasteiger partial charge in [0.15, 0.2) is 0 Å². The molecule has 0 aromatic heterocycles. The molecule has 2 nitrogen and oxygen atoms in total. The molecule has 2 heteroatoms. The third-order valence-electron chi connectivity index (χ3n) is 5.51. The quantitative estimate of drug-likeness (QED) is 0.801. The summed E-state index contributed by atoms with van der Waals surface area (Å²) in [6.07, 6.45) is 5.25. The summed E-state index contributed by atoms with van der Waals surface area (Å²) in [5, 5.41) is 0. The number of nitrogens with two attached hydrogens (primary N) is 2. The van der Waals surface area contributed by atoms with E-state index in [9.17, 15) is 0 Å². The Balaban J connectivity index is 0.00000220. The normalized spacial score (nSPS) is 22.1. The molecule has 0 radical (unpaired) electrons. The molecule has 0 bridgehead atoms. The maximum Gasteiger partial charge on any atom is 0.0785 e. The molecule has 0 fully saturated rings. The van der Waals surface area contributed by atoms with Gasteiger partial charge in [0.25, 0.3) is 0 Å². The summed E-state index contributed by atoms with van der Waals surface area (Å²) >= 11 is 0. The highest BCUT2D eigenvalue weighted by Crippen LogP contribution is 2.54. The first kappa shape index (κ1) is 17.9. The molecule has 0 saturated carbocycles. The smallest absolute Gasteiger partial charge is 0.0785 e. The van der Waals surface area contributed by atoms with Crippen molar-refractivity contribution in [2.75, 3.05) is 0 Å². The molecular weight excluding hydrogens is 256 g/mol. The van der Waals surface area contributed by atoms with Gasteiger partial charge in [-0.3, -0.25) is 0 Å². The van der Waals surface area contributed by atoms with Crippen molar-refractivity contribution in [3.63, 3.8) is 0 Å². The van der Waals surface area contributed by atoms with Crippen LogP contribution in [0.15, 0.2) is 36.4 Å². The van der Waals surface area contributed by atoms with E-state index in [1.54, 1.807) is 0 Å². The monoisotopic (exact) mass is 288 g/mol. The first-order chi connectivity index (χ1) is 9.29. The predicted molar refractivity (Wildman–Crippen MR) is 93.7 cm³/mol. The van der Waals surface area contributed by atoms with Crippen molar-refractivity contribution >= 4 is 5.57 Å². The molecule has 4 N–H and O–H groups in total. The van der Waals surface area contributed by atoms with Gasteiger partial charge in [-0.2, -0.15) is 0 Å². The van der Waals surface area contributed by atoms with Gasteiger partial charge in [0.1, 0.15) is 0 Å². The molecule has 21 heavy (non-hydrogen) atoms. The first-order valence-corrected chi connectivity index (χ1v) is 7.64. The Morgan fingerprint density at radius 2 is 1.52 bits per heavy atom. The van der Waals surface area contributed by atoms with Crippen molar-refractivity contribution in [1.29, 1.82) is 0 Å². The van der Waals surface area contributed by atoms with Gasteiger partial charge in [-0.05, 0) is 30.4 Å². The molecule has 0 spiro atoms. The fraction of sp³-hybridized carbons (Fsp3) is 0.579. The predicted octanol–water partition coefficient (Wildman–Crippen LogP) is 4.56. The fourth-order valence-corrected chi connectivity index (χ4v) is 3.72. The summed E-state index contributed by atoms with van der Waals surface area (Å²) in [7, 11) is 0. The molecule has 0 aliphatic heterocycles. The number of rotatable bonds is 3. The third-order valence-corrected chi connectivity index (χ3v) is 5.51. The zero-order valence-corrected chi connectivity index (χ0v) is 13.2. The van der Waals surface area contributed by atoms with Gasteiger partial charge in [-0.1, -0.05) is 71.5 Å². The van der Waals surface area contributed by atoms with Gasteiger partial charge in [0.05, 0.1) is 5.66 Å². The highest BCUT2D eigenvalue weighted by atomic mass is 15.0. The van der Waals surface area contributed by atoms with Gasteiger partial charge in [-0.15, -0.1) is 0 Å². The second-order valence-corrected chi connectivity index (χ2v) is 6.79. The van der Waals surface area contributed by atoms with Crippen LogP contribution in [0.5, 0.6) is 0 Å². The van der Waals surface area contributed by atoms with Crippen LogP contribution in [0.1, 0.15) is 59.9 Å². The fourth-order valence-electron chi connectivity index (χ4n) is 3.72. The van der Waals surface area contributed by atoms with E-state index in [2.05, 4.69) is 64.1 Å². The van der Waals surface area contributed by atoms with Crippen LogP contribution in [0.3, 0.4) is 0 Å². The Morgan fingerprint density at radius 1 is 1.00 bits per heavy atom. The van der Waals surface area contributed by atoms with Gasteiger partial charge in [0, 0.05) is 10.8 Å². The Labute approximate surface area is 130 Å². The van der Waals surface area contributed by atoms with Gasteiger partial charge < -0.3 is 11.5 Å². The minimum absolute atomic E-state index is 0. The summed E-state index contributed by atoms with van der Waals surface area (Å²) in [5.74, 6) is 0. The summed E-state index contributed by atoms with van der Waals surface area (Å²) in [6, 6.07) is 10.6. The van der Waals surface area contributed by atoms with E-state index in [0.717, 1.165) is 19.3 Å². The van der Waals surface area contributed by atoms with Crippen LogP contribution in [-0.2, 0) is 0 Å². The topological polar surface area (TPSA) is 52.0 Å². The summed E-state index contributed by atoms with van der Waals surface area (Å²) < 4.78 is 0. The molecule has 0 saturated heterocycles. The van der Waals surface area contributed by atoms with E-state index in [4.69, 9.17) is 11.5 Å². The van der Waals surface area contributed by atoms with Gasteiger partial charge in [-0.25, -0.2) is 0 Å². The molecule has 1 aliphatic rings. The lowest BCUT2D eigenvalue weighted by Gasteiger charge is -2.56. The van der Waals surface area contributed by atoms with Crippen LogP contribution in [0, 0.1) is 10.8 Å². The summed E-state index contributed by atoms with van der Waals surface area (Å²) in [5.41, 5.74) is 15.0. The number of hydrogen-bond acceptors (Lipinski definition) is 2. The minimum Gasteiger partial charge on any atom is -0.312 e. The average molecular weight is 288 g/mol. The molecule has 2 rings (SSSR count). The lowest BCUT2D eigenvalue weighted by Crippen LogP contribution is -2.71. The average Bonchev–Trinajstić information content (AvgIpc) is 2.43. The molecular formula is C19H32N2. The highest BCUT2D eigenvalue weighted by molar-refractivity contribution is 5.68. The summed E-state index contributed by atoms with van der Waals surface area (Å²) in [4.78, 5) is 0. The SMILES string of the molecule is C.CCC1(CC)CC(c2ccccc2)=CC(C)(C)C1(N)N. The molecule has 0 heterocycles. The van der Waals surface area contributed by atoms with Crippen molar-refractivity contribution < 1.29 is 0 Å². The van der Waals surface area contributed by atoms with Crippen molar-refractivity contribution in [2.24, 2.45) is 22.3 Å². The standard InChI is InChI=1S/C18H28N2.CH4/c1-5-17(6-2)13-15(14-10-8-7-9-11-14)12-16(3,4)18(17,19)20;/h7-12H,5-6,13,19-20H2,1-4H3;1H4. The van der Waals surface area contributed by atoms with Crippen LogP contribution in [0.2, 0.25) is 0 Å². The van der Waals surface area contributed by atoms with E-state index in [0.29, 0.717) is 0 Å². The van der Waals surface area contributed by atoms with Crippen LogP contribution in [0.4, 0.5) is 0 Å². The minimum atomic E-state index is -0.679. The van der Waals surface area contributed by atoms with E-state index < -0.39 is 5.66 Å². The van der Waals surface area contributed by atoms with Crippen LogP contribution < -0.4 is 11.5 Å². The Morgan fingerprint density at radius 3 is 2.00 bits per heavy atom. The zero-order chi connectivity index (χ0) is 15.0. The van der Waals surface area contributed by atoms with Gasteiger partial charge >= 0.3 is 0 Å². The third kappa shape index (κ3) is 2.67. The Hall–Kier alpha value is -1.12. The number of hydrogen-bond donors (Lipinski definition) is 2. The second-order valence-electron chi connectivity index (χ2n) is 6.79. The number of benzene rings is 1. The number of allylic oxidation sites excluding steroid dienone is 1. The molecule has 118 valence electrons. The summed E-state index contributed by atoms with van der Waals surface area (Å²) in [6.45, 7) is 8.74. The first-order valence-electron chi connectivity index (χ1n) is 7.64. The van der Waals surface area contributed by atoms with E-state index in [-0.39, 0.29) is 18.3 Å². The van der Waals surface area contributed by atoms with Crippen LogP contribution in [-0.4, -0.2) is 5.66 Å². The van der Waals surface area contributed by atoms with Crippen molar-refractivity contribution in [3.8, 4) is 0 Å². The molecule has 1 aromatic carbocycles. The molecule has 0 unspecified atom stereocenters. The lowest BCUT2D eigenvalue weighted by molar-refractivity contribution is 0.0262.